The fraction of sp³-hybridized carbons (Fsp3) is 0.235. The van der Waals surface area contributed by atoms with Gasteiger partial charge < -0.3 is 11.1 Å². The Morgan fingerprint density at radius 1 is 1.20 bits per heavy atom. The zero-order valence-electron chi connectivity index (χ0n) is 11.9. The monoisotopic (exact) mass is 268 g/mol. The van der Waals surface area contributed by atoms with E-state index in [-0.39, 0.29) is 11.8 Å². The van der Waals surface area contributed by atoms with Crippen LogP contribution in [-0.4, -0.2) is 5.91 Å². The minimum Gasteiger partial charge on any atom is -0.399 e. The van der Waals surface area contributed by atoms with Gasteiger partial charge in [-0.05, 0) is 37.1 Å². The molecule has 0 aromatic heterocycles. The summed E-state index contributed by atoms with van der Waals surface area (Å²) in [6.07, 6.45) is 0. The molecule has 0 heterocycles. The van der Waals surface area contributed by atoms with Crippen LogP contribution in [0.2, 0.25) is 0 Å². The highest BCUT2D eigenvalue weighted by atomic mass is 16.1. The summed E-state index contributed by atoms with van der Waals surface area (Å²) in [6, 6.07) is 15.6. The summed E-state index contributed by atoms with van der Waals surface area (Å²) in [4.78, 5) is 12.1. The summed E-state index contributed by atoms with van der Waals surface area (Å²) < 4.78 is 0. The van der Waals surface area contributed by atoms with Crippen molar-refractivity contribution in [2.24, 2.45) is 0 Å². The number of nitrogens with two attached hydrogens (primary N) is 1. The number of aryl methyl sites for hydroxylation is 1. The van der Waals surface area contributed by atoms with Crippen LogP contribution in [-0.2, 0) is 11.3 Å². The molecule has 1 unspecified atom stereocenters. The van der Waals surface area contributed by atoms with Crippen molar-refractivity contribution in [1.82, 2.24) is 5.32 Å². The van der Waals surface area contributed by atoms with Crippen LogP contribution in [0.3, 0.4) is 0 Å². The lowest BCUT2D eigenvalue weighted by atomic mass is 10.00. The first kappa shape index (κ1) is 14.1. The normalized spacial score (nSPS) is 11.9. The molecule has 0 fully saturated rings. The lowest BCUT2D eigenvalue weighted by Crippen LogP contribution is -2.27. The van der Waals surface area contributed by atoms with E-state index in [2.05, 4.69) is 5.32 Å². The SMILES string of the molecule is Cc1ccc(CNC(=O)C(C)c2cccc(N)c2)cc1. The lowest BCUT2D eigenvalue weighted by molar-refractivity contribution is -0.122. The molecule has 2 rings (SSSR count). The molecule has 104 valence electrons. The van der Waals surface area contributed by atoms with Gasteiger partial charge in [0, 0.05) is 12.2 Å². The molecule has 20 heavy (non-hydrogen) atoms. The predicted molar refractivity (Wildman–Crippen MR) is 82.3 cm³/mol. The molecule has 0 saturated carbocycles. The van der Waals surface area contributed by atoms with E-state index < -0.39 is 0 Å². The third-order valence-electron chi connectivity index (χ3n) is 3.39. The first-order valence-corrected chi connectivity index (χ1v) is 6.75. The van der Waals surface area contributed by atoms with Crippen molar-refractivity contribution in [3.63, 3.8) is 0 Å². The van der Waals surface area contributed by atoms with E-state index in [0.717, 1.165) is 11.1 Å². The van der Waals surface area contributed by atoms with Crippen LogP contribution in [0.1, 0.15) is 29.5 Å². The summed E-state index contributed by atoms with van der Waals surface area (Å²) in [6.45, 7) is 4.48. The number of hydrogen-bond donors (Lipinski definition) is 2. The average Bonchev–Trinajstić information content (AvgIpc) is 2.45. The zero-order valence-corrected chi connectivity index (χ0v) is 11.9. The van der Waals surface area contributed by atoms with Gasteiger partial charge in [-0.1, -0.05) is 42.0 Å². The minimum atomic E-state index is -0.205. The van der Waals surface area contributed by atoms with Gasteiger partial charge in [0.1, 0.15) is 0 Å². The maximum Gasteiger partial charge on any atom is 0.227 e. The van der Waals surface area contributed by atoms with Gasteiger partial charge in [-0.3, -0.25) is 4.79 Å². The molecular weight excluding hydrogens is 248 g/mol. The number of anilines is 1. The van der Waals surface area contributed by atoms with E-state index in [1.165, 1.54) is 5.56 Å². The highest BCUT2D eigenvalue weighted by Gasteiger charge is 2.14. The van der Waals surface area contributed by atoms with E-state index in [9.17, 15) is 4.79 Å². The number of rotatable bonds is 4. The third-order valence-corrected chi connectivity index (χ3v) is 3.39. The fourth-order valence-corrected chi connectivity index (χ4v) is 2.03. The molecule has 0 bridgehead atoms. The second kappa shape index (κ2) is 6.24. The largest absolute Gasteiger partial charge is 0.399 e. The maximum atomic E-state index is 12.1. The molecule has 1 amide bonds. The minimum absolute atomic E-state index is 0.0103. The molecule has 0 spiro atoms. The Hall–Kier alpha value is -2.29. The number of carbonyl (C=O) groups is 1. The Morgan fingerprint density at radius 3 is 2.55 bits per heavy atom. The van der Waals surface area contributed by atoms with E-state index >= 15 is 0 Å². The van der Waals surface area contributed by atoms with Crippen LogP contribution in [0.25, 0.3) is 0 Å². The van der Waals surface area contributed by atoms with Crippen molar-refractivity contribution < 1.29 is 4.79 Å². The van der Waals surface area contributed by atoms with Crippen LogP contribution in [0.5, 0.6) is 0 Å². The van der Waals surface area contributed by atoms with Crippen molar-refractivity contribution in [2.75, 3.05) is 5.73 Å². The molecule has 0 aliphatic rings. The molecule has 3 N–H and O–H groups in total. The molecule has 0 saturated heterocycles. The van der Waals surface area contributed by atoms with Gasteiger partial charge >= 0.3 is 0 Å². The Balaban J connectivity index is 1.96. The highest BCUT2D eigenvalue weighted by Crippen LogP contribution is 2.18. The van der Waals surface area contributed by atoms with E-state index in [0.29, 0.717) is 12.2 Å². The van der Waals surface area contributed by atoms with Crippen LogP contribution < -0.4 is 11.1 Å². The van der Waals surface area contributed by atoms with Gasteiger partial charge in [-0.15, -0.1) is 0 Å². The van der Waals surface area contributed by atoms with Gasteiger partial charge in [0.05, 0.1) is 5.92 Å². The van der Waals surface area contributed by atoms with Crippen LogP contribution in [0.15, 0.2) is 48.5 Å². The second-order valence-electron chi connectivity index (χ2n) is 5.10. The van der Waals surface area contributed by atoms with Gasteiger partial charge in [-0.2, -0.15) is 0 Å². The maximum absolute atomic E-state index is 12.1. The van der Waals surface area contributed by atoms with Crippen molar-refractivity contribution in [1.29, 1.82) is 0 Å². The van der Waals surface area contributed by atoms with E-state index in [1.54, 1.807) is 0 Å². The van der Waals surface area contributed by atoms with E-state index in [1.807, 2.05) is 62.4 Å². The summed E-state index contributed by atoms with van der Waals surface area (Å²) in [7, 11) is 0. The Bertz CT molecular complexity index is 590. The predicted octanol–water partition coefficient (Wildman–Crippen LogP) is 3.00. The van der Waals surface area contributed by atoms with Crippen LogP contribution in [0, 0.1) is 6.92 Å². The van der Waals surface area contributed by atoms with Gasteiger partial charge in [0.2, 0.25) is 5.91 Å². The van der Waals surface area contributed by atoms with E-state index in [4.69, 9.17) is 5.73 Å². The highest BCUT2D eigenvalue weighted by molar-refractivity contribution is 5.83. The van der Waals surface area contributed by atoms with Crippen molar-refractivity contribution in [2.45, 2.75) is 26.3 Å². The van der Waals surface area contributed by atoms with Crippen molar-refractivity contribution >= 4 is 11.6 Å². The molecule has 1 atom stereocenters. The summed E-state index contributed by atoms with van der Waals surface area (Å²) in [5.41, 5.74) is 9.68. The van der Waals surface area contributed by atoms with Gasteiger partial charge in [-0.25, -0.2) is 0 Å². The second-order valence-corrected chi connectivity index (χ2v) is 5.10. The molecular formula is C17H20N2O. The number of benzene rings is 2. The molecule has 0 aliphatic carbocycles. The third kappa shape index (κ3) is 3.60. The van der Waals surface area contributed by atoms with Crippen molar-refractivity contribution in [3.05, 3.63) is 65.2 Å². The lowest BCUT2D eigenvalue weighted by Gasteiger charge is -2.13. The van der Waals surface area contributed by atoms with Gasteiger partial charge in [0.25, 0.3) is 0 Å². The van der Waals surface area contributed by atoms with Gasteiger partial charge in [0.15, 0.2) is 0 Å². The molecule has 3 heteroatoms. The summed E-state index contributed by atoms with van der Waals surface area (Å²) >= 11 is 0. The Labute approximate surface area is 119 Å². The average molecular weight is 268 g/mol. The number of carbonyl (C=O) groups excluding carboxylic acids is 1. The Kier molecular flexibility index (Phi) is 4.41. The zero-order chi connectivity index (χ0) is 14.5. The molecule has 2 aromatic rings. The van der Waals surface area contributed by atoms with Crippen LogP contribution in [0.4, 0.5) is 5.69 Å². The number of amides is 1. The molecule has 2 aromatic carbocycles. The summed E-state index contributed by atoms with van der Waals surface area (Å²) in [5, 5.41) is 2.96. The first-order chi connectivity index (χ1) is 9.56. The molecule has 0 radical (unpaired) electrons. The standard InChI is InChI=1S/C17H20N2O/c1-12-6-8-14(9-7-12)11-19-17(20)13(2)15-4-3-5-16(18)10-15/h3-10,13H,11,18H2,1-2H3,(H,19,20). The number of hydrogen-bond acceptors (Lipinski definition) is 2. The summed E-state index contributed by atoms with van der Waals surface area (Å²) in [5.74, 6) is -0.194. The molecule has 0 aliphatic heterocycles. The Morgan fingerprint density at radius 2 is 1.90 bits per heavy atom. The quantitative estimate of drug-likeness (QED) is 0.837. The fourth-order valence-electron chi connectivity index (χ4n) is 2.03. The molecule has 3 nitrogen and oxygen atoms in total. The number of nitrogen functional groups attached to an aromatic ring is 1. The van der Waals surface area contributed by atoms with Crippen LogP contribution >= 0.6 is 0 Å². The number of nitrogens with one attached hydrogen (secondary N) is 1. The topological polar surface area (TPSA) is 55.1 Å². The smallest absolute Gasteiger partial charge is 0.227 e. The van der Waals surface area contributed by atoms with Crippen molar-refractivity contribution in [3.8, 4) is 0 Å². The first-order valence-electron chi connectivity index (χ1n) is 6.75.